The van der Waals surface area contributed by atoms with Gasteiger partial charge < -0.3 is 20.6 Å². The van der Waals surface area contributed by atoms with E-state index in [9.17, 15) is 20.1 Å². The quantitative estimate of drug-likeness (QED) is 0.642. The zero-order chi connectivity index (χ0) is 13.8. The lowest BCUT2D eigenvalue weighted by Gasteiger charge is -2.29. The summed E-state index contributed by atoms with van der Waals surface area (Å²) < 4.78 is 0. The fourth-order valence-corrected chi connectivity index (χ4v) is 1.61. The molecule has 0 atom stereocenters. The summed E-state index contributed by atoms with van der Waals surface area (Å²) in [6.07, 6.45) is 0.361. The molecule has 100 valence electrons. The molecule has 1 amide bonds. The number of halogens is 1. The predicted molar refractivity (Wildman–Crippen MR) is 67.8 cm³/mol. The van der Waals surface area contributed by atoms with E-state index >= 15 is 0 Å². The second-order valence-corrected chi connectivity index (χ2v) is 4.50. The van der Waals surface area contributed by atoms with Crippen LogP contribution in [0.4, 0.5) is 0 Å². The van der Waals surface area contributed by atoms with Gasteiger partial charge in [0.25, 0.3) is 5.91 Å². The fraction of sp³-hybridized carbons (Fsp3) is 0.417. The van der Waals surface area contributed by atoms with E-state index in [4.69, 9.17) is 11.6 Å². The van der Waals surface area contributed by atoms with Gasteiger partial charge in [-0.2, -0.15) is 0 Å². The number of benzene rings is 1. The van der Waals surface area contributed by atoms with Crippen LogP contribution in [-0.4, -0.2) is 40.0 Å². The average molecular weight is 274 g/mol. The van der Waals surface area contributed by atoms with Gasteiger partial charge in [-0.25, -0.2) is 0 Å². The molecular weight excluding hydrogens is 258 g/mol. The van der Waals surface area contributed by atoms with E-state index in [2.05, 4.69) is 5.32 Å². The molecule has 0 aliphatic heterocycles. The molecule has 6 heteroatoms. The summed E-state index contributed by atoms with van der Waals surface area (Å²) in [7, 11) is 0. The third-order valence-electron chi connectivity index (χ3n) is 2.87. The van der Waals surface area contributed by atoms with Crippen molar-refractivity contribution in [1.82, 2.24) is 5.32 Å². The first-order valence-electron chi connectivity index (χ1n) is 5.50. The molecule has 0 radical (unpaired) electrons. The van der Waals surface area contributed by atoms with Gasteiger partial charge in [-0.15, -0.1) is 0 Å². The molecule has 0 aliphatic rings. The topological polar surface area (TPSA) is 89.8 Å². The van der Waals surface area contributed by atoms with Crippen molar-refractivity contribution in [1.29, 1.82) is 0 Å². The molecule has 0 aliphatic carbocycles. The summed E-state index contributed by atoms with van der Waals surface area (Å²) >= 11 is 5.66. The number of hydrogen-bond donors (Lipinski definition) is 4. The van der Waals surface area contributed by atoms with Crippen LogP contribution in [0.15, 0.2) is 18.2 Å². The fourth-order valence-electron chi connectivity index (χ4n) is 1.45. The molecule has 0 aromatic heterocycles. The van der Waals surface area contributed by atoms with Crippen LogP contribution >= 0.6 is 11.6 Å². The lowest BCUT2D eigenvalue weighted by Crippen LogP contribution is -2.53. The van der Waals surface area contributed by atoms with Gasteiger partial charge in [0.2, 0.25) is 0 Å². The van der Waals surface area contributed by atoms with Crippen LogP contribution in [0.2, 0.25) is 5.02 Å². The van der Waals surface area contributed by atoms with Crippen molar-refractivity contribution >= 4 is 17.5 Å². The molecule has 0 heterocycles. The zero-order valence-electron chi connectivity index (χ0n) is 9.98. The van der Waals surface area contributed by atoms with Crippen LogP contribution in [0.25, 0.3) is 0 Å². The molecule has 0 saturated heterocycles. The van der Waals surface area contributed by atoms with E-state index in [1.807, 2.05) is 0 Å². The normalized spacial score (nSPS) is 11.3. The first kappa shape index (κ1) is 14.8. The summed E-state index contributed by atoms with van der Waals surface area (Å²) in [6, 6.07) is 4.10. The summed E-state index contributed by atoms with van der Waals surface area (Å²) in [6.45, 7) is 0.953. The van der Waals surface area contributed by atoms with Gasteiger partial charge >= 0.3 is 0 Å². The number of aliphatic hydroxyl groups is 2. The van der Waals surface area contributed by atoms with Crippen LogP contribution in [0, 0.1) is 0 Å². The SMILES string of the molecule is CCC(CO)(CO)NC(=O)c1ccc(Cl)cc1O. The summed E-state index contributed by atoms with van der Waals surface area (Å²) in [5.74, 6) is -0.824. The van der Waals surface area contributed by atoms with Crippen LogP contribution in [0.5, 0.6) is 5.75 Å². The number of aromatic hydroxyl groups is 1. The van der Waals surface area contributed by atoms with Crippen molar-refractivity contribution in [3.8, 4) is 5.75 Å². The molecule has 0 fully saturated rings. The minimum Gasteiger partial charge on any atom is -0.507 e. The largest absolute Gasteiger partial charge is 0.507 e. The van der Waals surface area contributed by atoms with E-state index < -0.39 is 11.4 Å². The molecule has 0 bridgehead atoms. The Morgan fingerprint density at radius 3 is 2.44 bits per heavy atom. The highest BCUT2D eigenvalue weighted by Gasteiger charge is 2.29. The zero-order valence-corrected chi connectivity index (χ0v) is 10.7. The van der Waals surface area contributed by atoms with E-state index in [-0.39, 0.29) is 24.5 Å². The lowest BCUT2D eigenvalue weighted by molar-refractivity contribution is 0.0651. The standard InChI is InChI=1S/C12H16ClNO4/c1-2-12(6-15,7-16)14-11(18)9-4-3-8(13)5-10(9)17/h3-5,15-17H,2,6-7H2,1H3,(H,14,18). The molecule has 18 heavy (non-hydrogen) atoms. The number of amides is 1. The van der Waals surface area contributed by atoms with Gasteiger partial charge in [-0.3, -0.25) is 4.79 Å². The number of phenols is 1. The highest BCUT2D eigenvalue weighted by molar-refractivity contribution is 6.30. The molecule has 1 aromatic carbocycles. The smallest absolute Gasteiger partial charge is 0.255 e. The third kappa shape index (κ3) is 3.13. The average Bonchev–Trinajstić information content (AvgIpc) is 2.36. The number of phenolic OH excluding ortho intramolecular Hbond substituents is 1. The number of aliphatic hydroxyl groups excluding tert-OH is 2. The Balaban J connectivity index is 2.94. The number of nitrogens with one attached hydrogen (secondary N) is 1. The van der Waals surface area contributed by atoms with Gasteiger partial charge in [0.05, 0.1) is 24.3 Å². The van der Waals surface area contributed by atoms with Crippen molar-refractivity contribution in [3.05, 3.63) is 28.8 Å². The lowest BCUT2D eigenvalue weighted by atomic mass is 9.97. The van der Waals surface area contributed by atoms with Crippen LogP contribution in [0.3, 0.4) is 0 Å². The molecular formula is C12H16ClNO4. The Labute approximate surface area is 110 Å². The molecule has 5 nitrogen and oxygen atoms in total. The van der Waals surface area contributed by atoms with E-state index in [1.165, 1.54) is 18.2 Å². The number of hydrogen-bond acceptors (Lipinski definition) is 4. The van der Waals surface area contributed by atoms with E-state index in [0.717, 1.165) is 0 Å². The highest BCUT2D eigenvalue weighted by atomic mass is 35.5. The van der Waals surface area contributed by atoms with Gasteiger partial charge in [-0.05, 0) is 24.6 Å². The third-order valence-corrected chi connectivity index (χ3v) is 3.10. The second kappa shape index (κ2) is 6.04. The minimum absolute atomic E-state index is 0.0409. The summed E-state index contributed by atoms with van der Waals surface area (Å²) in [5.41, 5.74) is -1.05. The van der Waals surface area contributed by atoms with Crippen molar-refractivity contribution in [2.45, 2.75) is 18.9 Å². The van der Waals surface area contributed by atoms with Crippen molar-refractivity contribution in [2.75, 3.05) is 13.2 Å². The van der Waals surface area contributed by atoms with Gasteiger partial charge in [-0.1, -0.05) is 18.5 Å². The van der Waals surface area contributed by atoms with Crippen LogP contribution in [-0.2, 0) is 0 Å². The Kier molecular flexibility index (Phi) is 4.95. The molecule has 1 aromatic rings. The number of rotatable bonds is 5. The van der Waals surface area contributed by atoms with Crippen molar-refractivity contribution in [3.63, 3.8) is 0 Å². The predicted octanol–water partition coefficient (Wildman–Crippen LogP) is 0.909. The Bertz CT molecular complexity index is 424. The van der Waals surface area contributed by atoms with Crippen molar-refractivity contribution < 1.29 is 20.1 Å². The maximum absolute atomic E-state index is 11.9. The Morgan fingerprint density at radius 1 is 1.39 bits per heavy atom. The number of carbonyl (C=O) groups is 1. The molecule has 0 saturated carbocycles. The monoisotopic (exact) mass is 273 g/mol. The maximum atomic E-state index is 11.9. The maximum Gasteiger partial charge on any atom is 0.255 e. The molecule has 0 spiro atoms. The van der Waals surface area contributed by atoms with Crippen LogP contribution < -0.4 is 5.32 Å². The highest BCUT2D eigenvalue weighted by Crippen LogP contribution is 2.22. The van der Waals surface area contributed by atoms with E-state index in [1.54, 1.807) is 6.92 Å². The van der Waals surface area contributed by atoms with Gasteiger partial charge in [0.1, 0.15) is 5.75 Å². The Hall–Kier alpha value is -1.30. The summed E-state index contributed by atoms with van der Waals surface area (Å²) in [5, 5.41) is 30.9. The molecule has 0 unspecified atom stereocenters. The molecule has 1 rings (SSSR count). The summed E-state index contributed by atoms with van der Waals surface area (Å²) in [4.78, 5) is 11.9. The second-order valence-electron chi connectivity index (χ2n) is 4.07. The number of carbonyl (C=O) groups excluding carboxylic acids is 1. The first-order chi connectivity index (χ1) is 8.48. The van der Waals surface area contributed by atoms with E-state index in [0.29, 0.717) is 11.4 Å². The molecule has 4 N–H and O–H groups in total. The van der Waals surface area contributed by atoms with Crippen molar-refractivity contribution in [2.24, 2.45) is 0 Å². The van der Waals surface area contributed by atoms with Gasteiger partial charge in [0, 0.05) is 5.02 Å². The van der Waals surface area contributed by atoms with Gasteiger partial charge in [0.15, 0.2) is 0 Å². The minimum atomic E-state index is -1.09. The first-order valence-corrected chi connectivity index (χ1v) is 5.88. The Morgan fingerprint density at radius 2 is 2.00 bits per heavy atom. The van der Waals surface area contributed by atoms with Crippen LogP contribution in [0.1, 0.15) is 23.7 Å².